The molecule has 10 nitrogen and oxygen atoms in total. The normalized spacial score (nSPS) is 23.8. The Balaban J connectivity index is 1.37. The number of amides is 1. The molecule has 3 aliphatic rings. The molecule has 3 aromatic rings. The molecular formula is C32H34ClFN6O4. The molecule has 1 amide bonds. The fraction of sp³-hybridized carbons (Fsp3) is 0.438. The molecule has 0 saturated carbocycles. The summed E-state index contributed by atoms with van der Waals surface area (Å²) in [6.45, 7) is 5.66. The lowest BCUT2D eigenvalue weighted by molar-refractivity contribution is -0.131. The number of methoxy groups -OCH3 is 1. The van der Waals surface area contributed by atoms with Crippen LogP contribution in [-0.2, 0) is 27.3 Å². The fourth-order valence-electron chi connectivity index (χ4n) is 6.49. The molecule has 3 aliphatic heterocycles. The number of carbonyl (C=O) groups is 1. The van der Waals surface area contributed by atoms with Crippen molar-refractivity contribution in [2.24, 2.45) is 0 Å². The van der Waals surface area contributed by atoms with Gasteiger partial charge in [-0.15, -0.1) is 0 Å². The topological polar surface area (TPSA) is 104 Å². The van der Waals surface area contributed by atoms with E-state index < -0.39 is 17.8 Å². The zero-order chi connectivity index (χ0) is 31.0. The minimum Gasteiger partial charge on any atom is -0.456 e. The molecule has 2 saturated heterocycles. The Morgan fingerprint density at radius 1 is 1.18 bits per heavy atom. The number of likely N-dealkylation sites (tertiary alicyclic amines) is 1. The van der Waals surface area contributed by atoms with Gasteiger partial charge in [0.1, 0.15) is 18.0 Å². The van der Waals surface area contributed by atoms with Crippen LogP contribution in [0.4, 0.5) is 10.2 Å². The standard InChI is InChI=1S/C32H34ClFN6O4/c1-19(34)31(41)40-13-12-39(15-21(40)10-11-35)30-23-18-43-26(22-8-4-6-20-7-5-9-24(33)29(20)22)14-25(23)36-32(37-30)44-28-17-38(2)16-27(28)42-3/h4-9,21,26-28H,1,10,12-18H2,2-3H3/t21-,26?,27-,28-/m0/s1. The highest BCUT2D eigenvalue weighted by molar-refractivity contribution is 6.35. The van der Waals surface area contributed by atoms with Crippen LogP contribution < -0.4 is 9.64 Å². The molecule has 12 heteroatoms. The van der Waals surface area contributed by atoms with E-state index in [1.165, 1.54) is 4.90 Å². The van der Waals surface area contributed by atoms with Crippen LogP contribution in [0.5, 0.6) is 6.01 Å². The van der Waals surface area contributed by atoms with Crippen molar-refractivity contribution in [3.63, 3.8) is 0 Å². The van der Waals surface area contributed by atoms with E-state index in [-0.39, 0.29) is 50.4 Å². The van der Waals surface area contributed by atoms with Crippen molar-refractivity contribution >= 4 is 34.1 Å². The van der Waals surface area contributed by atoms with Gasteiger partial charge in [0.15, 0.2) is 5.83 Å². The van der Waals surface area contributed by atoms with Crippen molar-refractivity contribution in [3.8, 4) is 12.1 Å². The lowest BCUT2D eigenvalue weighted by Crippen LogP contribution is -2.55. The van der Waals surface area contributed by atoms with E-state index in [0.29, 0.717) is 30.4 Å². The molecule has 0 N–H and O–H groups in total. The first-order valence-corrected chi connectivity index (χ1v) is 15.0. The molecule has 1 aromatic heterocycles. The highest BCUT2D eigenvalue weighted by Gasteiger charge is 2.37. The molecule has 44 heavy (non-hydrogen) atoms. The molecule has 2 fully saturated rings. The number of anilines is 1. The molecule has 230 valence electrons. The Bertz CT molecular complexity index is 1630. The maximum Gasteiger partial charge on any atom is 0.319 e. The quantitative estimate of drug-likeness (QED) is 0.359. The van der Waals surface area contributed by atoms with Gasteiger partial charge in [-0.2, -0.15) is 15.2 Å². The predicted molar refractivity (Wildman–Crippen MR) is 163 cm³/mol. The van der Waals surface area contributed by atoms with Gasteiger partial charge in [-0.05, 0) is 24.1 Å². The number of hydrogen-bond acceptors (Lipinski definition) is 9. The second kappa shape index (κ2) is 12.7. The number of nitriles is 1. The summed E-state index contributed by atoms with van der Waals surface area (Å²) < 4.78 is 32.3. The van der Waals surface area contributed by atoms with Crippen LogP contribution in [0.25, 0.3) is 10.8 Å². The number of likely N-dealkylation sites (N-methyl/N-ethyl adjacent to an activating group) is 1. The lowest BCUT2D eigenvalue weighted by Gasteiger charge is -2.42. The van der Waals surface area contributed by atoms with Gasteiger partial charge in [0, 0.05) is 62.2 Å². The number of benzene rings is 2. The van der Waals surface area contributed by atoms with E-state index in [2.05, 4.69) is 17.5 Å². The zero-order valence-electron chi connectivity index (χ0n) is 24.7. The van der Waals surface area contributed by atoms with Crippen LogP contribution in [0.3, 0.4) is 0 Å². The Kier molecular flexibility index (Phi) is 8.69. The van der Waals surface area contributed by atoms with Crippen LogP contribution >= 0.6 is 11.6 Å². The van der Waals surface area contributed by atoms with Gasteiger partial charge in [0.05, 0.1) is 36.9 Å². The van der Waals surface area contributed by atoms with Crippen molar-refractivity contribution in [1.82, 2.24) is 19.8 Å². The third-order valence-electron chi connectivity index (χ3n) is 8.65. The van der Waals surface area contributed by atoms with Crippen LogP contribution in [0.15, 0.2) is 48.8 Å². The average Bonchev–Trinajstić information content (AvgIpc) is 3.38. The Hall–Kier alpha value is -3.82. The van der Waals surface area contributed by atoms with Crippen LogP contribution in [0, 0.1) is 11.3 Å². The summed E-state index contributed by atoms with van der Waals surface area (Å²) in [5, 5.41) is 12.1. The summed E-state index contributed by atoms with van der Waals surface area (Å²) in [5.74, 6) is -1.22. The van der Waals surface area contributed by atoms with Crippen LogP contribution in [-0.4, -0.2) is 90.8 Å². The molecule has 0 radical (unpaired) electrons. The second-order valence-corrected chi connectivity index (χ2v) is 11.9. The molecule has 4 heterocycles. The van der Waals surface area contributed by atoms with Gasteiger partial charge in [0.2, 0.25) is 0 Å². The van der Waals surface area contributed by atoms with E-state index in [1.807, 2.05) is 48.3 Å². The highest BCUT2D eigenvalue weighted by Crippen LogP contribution is 2.40. The summed E-state index contributed by atoms with van der Waals surface area (Å²) >= 11 is 6.66. The van der Waals surface area contributed by atoms with Gasteiger partial charge >= 0.3 is 6.01 Å². The van der Waals surface area contributed by atoms with Gasteiger partial charge < -0.3 is 24.0 Å². The number of piperazine rings is 1. The second-order valence-electron chi connectivity index (χ2n) is 11.5. The summed E-state index contributed by atoms with van der Waals surface area (Å²) in [5.41, 5.74) is 2.58. The SMILES string of the molecule is C=C(F)C(=O)N1CCN(c2nc(O[C@H]3CN(C)C[C@@H]3OC)nc3c2COC(c2cccc4cccc(Cl)c24)C3)C[C@@H]1CC#N. The third-order valence-corrected chi connectivity index (χ3v) is 8.97. The van der Waals surface area contributed by atoms with Crippen molar-refractivity contribution in [2.75, 3.05) is 51.8 Å². The first-order chi connectivity index (χ1) is 21.3. The molecule has 0 bridgehead atoms. The smallest absolute Gasteiger partial charge is 0.319 e. The molecular weight excluding hydrogens is 587 g/mol. The number of aromatic nitrogens is 2. The molecule has 0 spiro atoms. The molecule has 2 aromatic carbocycles. The first-order valence-electron chi connectivity index (χ1n) is 14.6. The van der Waals surface area contributed by atoms with E-state index in [0.717, 1.165) is 34.1 Å². The van der Waals surface area contributed by atoms with Crippen LogP contribution in [0.1, 0.15) is 29.3 Å². The molecule has 0 aliphatic carbocycles. The first kappa shape index (κ1) is 30.2. The predicted octanol–water partition coefficient (Wildman–Crippen LogP) is 4.22. The number of rotatable bonds is 7. The van der Waals surface area contributed by atoms with E-state index in [9.17, 15) is 14.4 Å². The number of nitrogens with zero attached hydrogens (tertiary/aromatic N) is 6. The van der Waals surface area contributed by atoms with Gasteiger partial charge in [-0.1, -0.05) is 48.5 Å². The summed E-state index contributed by atoms with van der Waals surface area (Å²) in [6.07, 6.45) is -0.204. The zero-order valence-corrected chi connectivity index (χ0v) is 25.5. The Morgan fingerprint density at radius 3 is 2.70 bits per heavy atom. The number of fused-ring (bicyclic) bond motifs is 2. The number of halogens is 2. The number of hydrogen-bond donors (Lipinski definition) is 0. The van der Waals surface area contributed by atoms with Gasteiger partial charge in [-0.25, -0.2) is 4.39 Å². The Morgan fingerprint density at radius 2 is 1.95 bits per heavy atom. The largest absolute Gasteiger partial charge is 0.456 e. The van der Waals surface area contributed by atoms with E-state index in [1.54, 1.807) is 7.11 Å². The summed E-state index contributed by atoms with van der Waals surface area (Å²) in [4.78, 5) is 27.8. The number of ether oxygens (including phenoxy) is 3. The summed E-state index contributed by atoms with van der Waals surface area (Å²) in [6, 6.07) is 13.7. The minimum absolute atomic E-state index is 0.0382. The third kappa shape index (κ3) is 5.83. The number of carbonyl (C=O) groups excluding carboxylic acids is 1. The monoisotopic (exact) mass is 620 g/mol. The summed E-state index contributed by atoms with van der Waals surface area (Å²) in [7, 11) is 3.67. The minimum atomic E-state index is -1.04. The molecule has 6 rings (SSSR count). The molecule has 4 atom stereocenters. The van der Waals surface area contributed by atoms with E-state index in [4.69, 9.17) is 35.8 Å². The maximum atomic E-state index is 13.8. The molecule has 1 unspecified atom stereocenters. The van der Waals surface area contributed by atoms with Crippen molar-refractivity contribution in [1.29, 1.82) is 5.26 Å². The van der Waals surface area contributed by atoms with Gasteiger partial charge in [0.25, 0.3) is 5.91 Å². The van der Waals surface area contributed by atoms with Crippen molar-refractivity contribution in [2.45, 2.75) is 43.8 Å². The van der Waals surface area contributed by atoms with Crippen molar-refractivity contribution in [3.05, 3.63) is 70.6 Å². The van der Waals surface area contributed by atoms with Crippen LogP contribution in [0.2, 0.25) is 5.02 Å². The fourth-order valence-corrected chi connectivity index (χ4v) is 6.78. The van der Waals surface area contributed by atoms with Gasteiger partial charge in [-0.3, -0.25) is 9.69 Å². The van der Waals surface area contributed by atoms with E-state index >= 15 is 0 Å². The highest BCUT2D eigenvalue weighted by atomic mass is 35.5. The average molecular weight is 621 g/mol. The Labute approximate surface area is 260 Å². The lowest BCUT2D eigenvalue weighted by atomic mass is 9.94. The van der Waals surface area contributed by atoms with Crippen molar-refractivity contribution < 1.29 is 23.4 Å². The maximum absolute atomic E-state index is 13.8.